The molecule has 2 aromatic rings. The Morgan fingerprint density at radius 2 is 2.32 bits per heavy atom. The molecule has 6 heteroatoms. The first-order valence-electron chi connectivity index (χ1n) is 6.45. The highest BCUT2D eigenvalue weighted by atomic mass is 16.5. The average Bonchev–Trinajstić information content (AvgIpc) is 2.92. The number of aromatic nitrogens is 3. The minimum absolute atomic E-state index is 0.249. The molecule has 2 aromatic heterocycles. The molecule has 3 rings (SSSR count). The Kier molecular flexibility index (Phi) is 2.85. The van der Waals surface area contributed by atoms with Crippen LogP contribution in [0, 0.1) is 0 Å². The van der Waals surface area contributed by atoms with E-state index in [4.69, 9.17) is 4.52 Å². The maximum absolute atomic E-state index is 12.0. The zero-order valence-electron chi connectivity index (χ0n) is 11.0. The van der Waals surface area contributed by atoms with Gasteiger partial charge in [0, 0.05) is 24.2 Å². The predicted molar refractivity (Wildman–Crippen MR) is 69.0 cm³/mol. The summed E-state index contributed by atoms with van der Waals surface area (Å²) in [4.78, 5) is 12.0. The molecular formula is C13H16N4O2. The quantitative estimate of drug-likeness (QED) is 0.917. The van der Waals surface area contributed by atoms with Crippen molar-refractivity contribution in [2.24, 2.45) is 0 Å². The van der Waals surface area contributed by atoms with Gasteiger partial charge in [0.25, 0.3) is 5.91 Å². The van der Waals surface area contributed by atoms with E-state index in [1.807, 2.05) is 13.8 Å². The fourth-order valence-electron chi connectivity index (χ4n) is 1.85. The molecule has 1 saturated carbocycles. The van der Waals surface area contributed by atoms with Gasteiger partial charge in [-0.3, -0.25) is 9.48 Å². The number of carbonyl (C=O) groups is 1. The molecule has 100 valence electrons. The molecule has 1 aliphatic carbocycles. The molecule has 0 unspecified atom stereocenters. The van der Waals surface area contributed by atoms with Crippen molar-refractivity contribution in [1.82, 2.24) is 14.9 Å². The van der Waals surface area contributed by atoms with Crippen molar-refractivity contribution in [3.63, 3.8) is 0 Å². The zero-order valence-corrected chi connectivity index (χ0v) is 11.0. The number of anilines is 1. The lowest BCUT2D eigenvalue weighted by Crippen LogP contribution is -2.10. The van der Waals surface area contributed by atoms with E-state index in [0.29, 0.717) is 11.6 Å². The van der Waals surface area contributed by atoms with Crippen LogP contribution in [0.5, 0.6) is 0 Å². The molecule has 0 aliphatic heterocycles. The zero-order chi connectivity index (χ0) is 13.4. The minimum Gasteiger partial charge on any atom is -0.351 e. The molecule has 0 aromatic carbocycles. The van der Waals surface area contributed by atoms with Crippen LogP contribution in [0.3, 0.4) is 0 Å². The van der Waals surface area contributed by atoms with E-state index in [2.05, 4.69) is 15.6 Å². The van der Waals surface area contributed by atoms with Crippen molar-refractivity contribution in [3.05, 3.63) is 29.9 Å². The Labute approximate surface area is 110 Å². The highest BCUT2D eigenvalue weighted by Gasteiger charge is 2.28. The van der Waals surface area contributed by atoms with E-state index < -0.39 is 0 Å². The Balaban J connectivity index is 1.68. The summed E-state index contributed by atoms with van der Waals surface area (Å²) >= 11 is 0. The first-order chi connectivity index (χ1) is 9.13. The van der Waals surface area contributed by atoms with Crippen molar-refractivity contribution >= 4 is 11.6 Å². The average molecular weight is 260 g/mol. The maximum Gasteiger partial charge on any atom is 0.294 e. The Bertz CT molecular complexity index is 595. The lowest BCUT2D eigenvalue weighted by atomic mass is 10.2. The summed E-state index contributed by atoms with van der Waals surface area (Å²) in [6.07, 6.45) is 5.68. The van der Waals surface area contributed by atoms with Gasteiger partial charge >= 0.3 is 0 Å². The van der Waals surface area contributed by atoms with Crippen LogP contribution in [-0.2, 0) is 0 Å². The second kappa shape index (κ2) is 4.53. The molecule has 19 heavy (non-hydrogen) atoms. The Morgan fingerprint density at radius 3 is 2.95 bits per heavy atom. The smallest absolute Gasteiger partial charge is 0.294 e. The van der Waals surface area contributed by atoms with Gasteiger partial charge in [-0.05, 0) is 26.7 Å². The summed E-state index contributed by atoms with van der Waals surface area (Å²) in [6, 6.07) is 1.98. The number of nitrogens with one attached hydrogen (secondary N) is 1. The second-order valence-corrected chi connectivity index (χ2v) is 5.15. The summed E-state index contributed by atoms with van der Waals surface area (Å²) in [5.74, 6) is 0.441. The minimum atomic E-state index is -0.289. The molecule has 0 saturated heterocycles. The van der Waals surface area contributed by atoms with Gasteiger partial charge in [0.2, 0.25) is 5.76 Å². The summed E-state index contributed by atoms with van der Waals surface area (Å²) in [7, 11) is 0. The van der Waals surface area contributed by atoms with Gasteiger partial charge in [-0.2, -0.15) is 5.10 Å². The number of hydrogen-bond donors (Lipinski definition) is 1. The van der Waals surface area contributed by atoms with Crippen LogP contribution < -0.4 is 5.32 Å². The molecule has 0 radical (unpaired) electrons. The van der Waals surface area contributed by atoms with Crippen LogP contribution in [0.4, 0.5) is 5.69 Å². The summed E-state index contributed by atoms with van der Waals surface area (Å²) in [5, 5.41) is 10.8. The molecule has 6 nitrogen and oxygen atoms in total. The second-order valence-electron chi connectivity index (χ2n) is 5.15. The normalized spacial score (nSPS) is 14.9. The lowest BCUT2D eigenvalue weighted by Gasteiger charge is -2.03. The van der Waals surface area contributed by atoms with Gasteiger partial charge in [-0.25, -0.2) is 0 Å². The van der Waals surface area contributed by atoms with Crippen LogP contribution in [0.25, 0.3) is 0 Å². The topological polar surface area (TPSA) is 73.0 Å². The van der Waals surface area contributed by atoms with Crippen molar-refractivity contribution in [3.8, 4) is 0 Å². The number of amides is 1. The number of carbonyl (C=O) groups excluding carboxylic acids is 1. The molecule has 1 fully saturated rings. The highest BCUT2D eigenvalue weighted by Crippen LogP contribution is 2.39. The highest BCUT2D eigenvalue weighted by molar-refractivity contribution is 6.02. The largest absolute Gasteiger partial charge is 0.351 e. The van der Waals surface area contributed by atoms with Gasteiger partial charge in [-0.1, -0.05) is 5.16 Å². The maximum atomic E-state index is 12.0. The molecule has 0 spiro atoms. The Morgan fingerprint density at radius 1 is 1.53 bits per heavy atom. The van der Waals surface area contributed by atoms with E-state index >= 15 is 0 Å². The molecular weight excluding hydrogens is 244 g/mol. The van der Waals surface area contributed by atoms with Gasteiger partial charge < -0.3 is 9.84 Å². The van der Waals surface area contributed by atoms with Crippen LogP contribution in [0.1, 0.15) is 54.9 Å². The molecule has 0 bridgehead atoms. The van der Waals surface area contributed by atoms with Crippen molar-refractivity contribution < 1.29 is 9.32 Å². The van der Waals surface area contributed by atoms with Crippen LogP contribution in [-0.4, -0.2) is 20.8 Å². The predicted octanol–water partition coefficient (Wildman–Crippen LogP) is 2.58. The van der Waals surface area contributed by atoms with Gasteiger partial charge in [0.05, 0.1) is 17.6 Å². The van der Waals surface area contributed by atoms with Crippen molar-refractivity contribution in [2.45, 2.75) is 38.6 Å². The summed E-state index contributed by atoms with van der Waals surface area (Å²) < 4.78 is 6.85. The standard InChI is InChI=1S/C13H16N4O2/c1-8(2)17-7-10(6-14-17)15-13(18)12-5-11(16-19-12)9-3-4-9/h5-9H,3-4H2,1-2H3,(H,15,18). The first kappa shape index (κ1) is 12.0. The molecule has 2 heterocycles. The SMILES string of the molecule is CC(C)n1cc(NC(=O)c2cc(C3CC3)no2)cn1. The van der Waals surface area contributed by atoms with E-state index in [-0.39, 0.29) is 17.7 Å². The number of rotatable bonds is 4. The summed E-state index contributed by atoms with van der Waals surface area (Å²) in [6.45, 7) is 4.05. The Hall–Kier alpha value is -2.11. The summed E-state index contributed by atoms with van der Waals surface area (Å²) in [5.41, 5.74) is 1.53. The molecule has 1 N–H and O–H groups in total. The van der Waals surface area contributed by atoms with Gasteiger partial charge in [0.15, 0.2) is 0 Å². The molecule has 1 aliphatic rings. The fraction of sp³-hybridized carbons (Fsp3) is 0.462. The molecule has 1 amide bonds. The van der Waals surface area contributed by atoms with E-state index in [9.17, 15) is 4.79 Å². The van der Waals surface area contributed by atoms with Crippen LogP contribution >= 0.6 is 0 Å². The van der Waals surface area contributed by atoms with E-state index in [1.165, 1.54) is 0 Å². The third kappa shape index (κ3) is 2.52. The van der Waals surface area contributed by atoms with E-state index in [1.54, 1.807) is 23.1 Å². The molecule has 0 atom stereocenters. The van der Waals surface area contributed by atoms with Gasteiger partial charge in [0.1, 0.15) is 0 Å². The van der Waals surface area contributed by atoms with Crippen molar-refractivity contribution in [2.75, 3.05) is 5.32 Å². The third-order valence-corrected chi connectivity index (χ3v) is 3.14. The van der Waals surface area contributed by atoms with E-state index in [0.717, 1.165) is 18.5 Å². The third-order valence-electron chi connectivity index (χ3n) is 3.14. The lowest BCUT2D eigenvalue weighted by molar-refractivity contribution is 0.0988. The number of hydrogen-bond acceptors (Lipinski definition) is 4. The monoisotopic (exact) mass is 260 g/mol. The number of nitrogens with zero attached hydrogens (tertiary/aromatic N) is 3. The van der Waals surface area contributed by atoms with Crippen molar-refractivity contribution in [1.29, 1.82) is 0 Å². The van der Waals surface area contributed by atoms with Crippen LogP contribution in [0.15, 0.2) is 23.0 Å². The first-order valence-corrected chi connectivity index (χ1v) is 6.45. The van der Waals surface area contributed by atoms with Crippen LogP contribution in [0.2, 0.25) is 0 Å². The van der Waals surface area contributed by atoms with Gasteiger partial charge in [-0.15, -0.1) is 0 Å². The fourth-order valence-corrected chi connectivity index (χ4v) is 1.85.